The molecule has 0 aromatic rings. The molecule has 0 bridgehead atoms. The average molecular weight is 813 g/mol. The lowest BCUT2D eigenvalue weighted by Crippen LogP contribution is -2.45. The predicted octanol–water partition coefficient (Wildman–Crippen LogP) is 11.5. The summed E-state index contributed by atoms with van der Waals surface area (Å²) in [5.74, 6) is -0.248. The molecule has 0 aromatic heterocycles. The van der Waals surface area contributed by atoms with E-state index < -0.39 is 26.6 Å². The fourth-order valence-corrected chi connectivity index (χ4v) is 5.98. The van der Waals surface area contributed by atoms with Crippen LogP contribution in [0.15, 0.2) is 109 Å². The fourth-order valence-electron chi connectivity index (χ4n) is 5.26. The first-order valence-corrected chi connectivity index (χ1v) is 23.2. The molecule has 0 heterocycles. The minimum Gasteiger partial charge on any atom is -0.756 e. The molecule has 0 aliphatic rings. The van der Waals surface area contributed by atoms with Crippen LogP contribution < -0.4 is 10.2 Å². The van der Waals surface area contributed by atoms with Gasteiger partial charge < -0.3 is 28.8 Å². The Morgan fingerprint density at radius 3 is 1.60 bits per heavy atom. The Hall–Kier alpha value is -2.84. The van der Waals surface area contributed by atoms with Crippen LogP contribution in [0.3, 0.4) is 0 Å². The number of nitrogens with zero attached hydrogens (tertiary/aromatic N) is 1. The van der Waals surface area contributed by atoms with Crippen LogP contribution in [-0.4, -0.2) is 68.5 Å². The lowest BCUT2D eigenvalue weighted by atomic mass is 10.1. The highest BCUT2D eigenvalue weighted by Crippen LogP contribution is 2.38. The second-order valence-corrected chi connectivity index (χ2v) is 16.7. The Labute approximate surface area is 349 Å². The summed E-state index contributed by atoms with van der Waals surface area (Å²) in [5, 5.41) is 13.7. The van der Waals surface area contributed by atoms with E-state index in [0.29, 0.717) is 17.4 Å². The number of amides is 1. The average Bonchev–Trinajstić information content (AvgIpc) is 3.16. The molecule has 324 valence electrons. The number of unbranched alkanes of at least 4 members (excludes halogenated alkanes) is 8. The number of likely N-dealkylation sites (N-methyl/N-ethyl adjacent to an activating group) is 1. The van der Waals surface area contributed by atoms with Crippen molar-refractivity contribution < 1.29 is 32.9 Å². The second-order valence-electron chi connectivity index (χ2n) is 15.3. The van der Waals surface area contributed by atoms with Gasteiger partial charge in [0.15, 0.2) is 0 Å². The van der Waals surface area contributed by atoms with Crippen LogP contribution in [0.1, 0.15) is 136 Å². The molecule has 0 aliphatic heterocycles. The number of allylic oxidation sites excluding steroid dienone is 17. The number of phosphoric ester groups is 1. The van der Waals surface area contributed by atoms with E-state index in [1.807, 2.05) is 27.2 Å². The van der Waals surface area contributed by atoms with Crippen LogP contribution >= 0.6 is 7.82 Å². The molecular formula is C48H81N2O6P. The number of quaternary nitrogens is 1. The molecule has 3 atom stereocenters. The SMILES string of the molecule is CC/C=C\C/C=C\C/C=C\C/C=C\C/C=C\C/C=C\C/C=C\CCCCCC(=O)NC(COP(=O)([O-])OCC[N+](C)(C)C)C(O)/C=C/CC/C=C/CCCCCC. The van der Waals surface area contributed by atoms with E-state index in [9.17, 15) is 19.4 Å². The monoisotopic (exact) mass is 813 g/mol. The van der Waals surface area contributed by atoms with Gasteiger partial charge in [-0.1, -0.05) is 149 Å². The summed E-state index contributed by atoms with van der Waals surface area (Å²) < 4.78 is 23.1. The third kappa shape index (κ3) is 41.1. The maximum absolute atomic E-state index is 12.8. The van der Waals surface area contributed by atoms with E-state index >= 15 is 0 Å². The molecule has 0 radical (unpaired) electrons. The van der Waals surface area contributed by atoms with Crippen molar-refractivity contribution in [3.05, 3.63) is 109 Å². The molecule has 2 N–H and O–H groups in total. The standard InChI is InChI=1S/C48H81N2O6P/c1-6-8-10-12-14-16-18-19-20-21-22-23-24-25-26-27-28-29-30-31-32-34-36-38-40-42-48(52)49-46(45-56-57(53,54)55-44-43-50(3,4)5)47(51)41-39-37-35-33-17-15-13-11-9-7-2/h8,10,14,16-17,19-20,22-23,25-26,28-29,31-33,39,41,46-47,51H,6-7,9,11-13,15,18,21,24,27,30,34-38,40,42-45H2,1-5H3,(H-,49,52,53,54)/b10-8-,16-14-,20-19-,23-22-,26-25-,29-28-,32-31-,33-17+,41-39+. The zero-order valence-corrected chi connectivity index (χ0v) is 37.4. The van der Waals surface area contributed by atoms with Gasteiger partial charge in [-0.15, -0.1) is 0 Å². The summed E-state index contributed by atoms with van der Waals surface area (Å²) in [7, 11) is 1.19. The highest BCUT2D eigenvalue weighted by Gasteiger charge is 2.23. The van der Waals surface area contributed by atoms with E-state index in [-0.39, 0.29) is 18.9 Å². The van der Waals surface area contributed by atoms with Crippen LogP contribution in [0, 0.1) is 0 Å². The zero-order chi connectivity index (χ0) is 42.1. The third-order valence-corrected chi connectivity index (χ3v) is 9.68. The molecule has 0 fully saturated rings. The van der Waals surface area contributed by atoms with Crippen molar-refractivity contribution in [2.75, 3.05) is 40.9 Å². The molecule has 0 spiro atoms. The Morgan fingerprint density at radius 1 is 0.632 bits per heavy atom. The molecular weight excluding hydrogens is 732 g/mol. The summed E-state index contributed by atoms with van der Waals surface area (Å²) in [4.78, 5) is 25.2. The van der Waals surface area contributed by atoms with Crippen molar-refractivity contribution in [2.45, 2.75) is 148 Å². The summed E-state index contributed by atoms with van der Waals surface area (Å²) in [6, 6.07) is -0.927. The van der Waals surface area contributed by atoms with Crippen molar-refractivity contribution in [3.8, 4) is 0 Å². The number of hydrogen-bond donors (Lipinski definition) is 2. The Balaban J connectivity index is 4.45. The summed E-state index contributed by atoms with van der Waals surface area (Å²) >= 11 is 0. The Bertz CT molecular complexity index is 1290. The van der Waals surface area contributed by atoms with Crippen molar-refractivity contribution in [1.82, 2.24) is 5.32 Å². The summed E-state index contributed by atoms with van der Waals surface area (Å²) in [5.41, 5.74) is 0. The molecule has 1 amide bonds. The summed E-state index contributed by atoms with van der Waals surface area (Å²) in [6.45, 7) is 4.40. The molecule has 0 rings (SSSR count). The first-order valence-electron chi connectivity index (χ1n) is 21.7. The highest BCUT2D eigenvalue weighted by atomic mass is 31.2. The van der Waals surface area contributed by atoms with Gasteiger partial charge in [0.1, 0.15) is 13.2 Å². The van der Waals surface area contributed by atoms with Gasteiger partial charge in [0, 0.05) is 6.42 Å². The number of carbonyl (C=O) groups excluding carboxylic acids is 1. The Morgan fingerprint density at radius 2 is 1.09 bits per heavy atom. The van der Waals surface area contributed by atoms with E-state index in [4.69, 9.17) is 9.05 Å². The van der Waals surface area contributed by atoms with Gasteiger partial charge >= 0.3 is 0 Å². The van der Waals surface area contributed by atoms with E-state index in [1.54, 1.807) is 6.08 Å². The normalized spacial score (nSPS) is 15.4. The van der Waals surface area contributed by atoms with Crippen LogP contribution in [0.2, 0.25) is 0 Å². The summed E-state index contributed by atoms with van der Waals surface area (Å²) in [6.07, 6.45) is 55.8. The third-order valence-electron chi connectivity index (χ3n) is 8.72. The topological polar surface area (TPSA) is 108 Å². The lowest BCUT2D eigenvalue weighted by molar-refractivity contribution is -0.870. The van der Waals surface area contributed by atoms with Crippen LogP contribution in [0.4, 0.5) is 0 Å². The van der Waals surface area contributed by atoms with Crippen molar-refractivity contribution >= 4 is 13.7 Å². The van der Waals surface area contributed by atoms with Gasteiger partial charge in [0.2, 0.25) is 5.91 Å². The first kappa shape index (κ1) is 54.2. The van der Waals surface area contributed by atoms with Crippen molar-refractivity contribution in [1.29, 1.82) is 0 Å². The second kappa shape index (κ2) is 38.7. The van der Waals surface area contributed by atoms with E-state index in [2.05, 4.69) is 116 Å². The molecule has 0 aliphatic carbocycles. The fraction of sp³-hybridized carbons (Fsp3) is 0.604. The molecule has 3 unspecified atom stereocenters. The van der Waals surface area contributed by atoms with Crippen molar-refractivity contribution in [2.24, 2.45) is 0 Å². The number of rotatable bonds is 37. The number of carbonyl (C=O) groups is 1. The van der Waals surface area contributed by atoms with Gasteiger partial charge in [-0.3, -0.25) is 9.36 Å². The molecule has 0 saturated carbocycles. The molecule has 9 heteroatoms. The molecule has 8 nitrogen and oxygen atoms in total. The largest absolute Gasteiger partial charge is 0.756 e. The first-order chi connectivity index (χ1) is 27.5. The number of nitrogens with one attached hydrogen (secondary N) is 1. The number of aliphatic hydroxyl groups is 1. The number of hydrogen-bond acceptors (Lipinski definition) is 6. The Kier molecular flexibility index (Phi) is 36.7. The minimum absolute atomic E-state index is 0.0203. The quantitative estimate of drug-likeness (QED) is 0.0280. The van der Waals surface area contributed by atoms with Crippen LogP contribution in [0.5, 0.6) is 0 Å². The molecule has 57 heavy (non-hydrogen) atoms. The van der Waals surface area contributed by atoms with Gasteiger partial charge in [-0.2, -0.15) is 0 Å². The van der Waals surface area contributed by atoms with Crippen LogP contribution in [-0.2, 0) is 18.4 Å². The number of aliphatic hydroxyl groups excluding tert-OH is 1. The molecule has 0 aromatic carbocycles. The van der Waals surface area contributed by atoms with Gasteiger partial charge in [0.05, 0.1) is 39.9 Å². The van der Waals surface area contributed by atoms with E-state index in [0.717, 1.165) is 83.5 Å². The maximum Gasteiger partial charge on any atom is 0.268 e. The van der Waals surface area contributed by atoms with E-state index in [1.165, 1.54) is 25.7 Å². The van der Waals surface area contributed by atoms with Crippen LogP contribution in [0.25, 0.3) is 0 Å². The highest BCUT2D eigenvalue weighted by molar-refractivity contribution is 7.45. The predicted molar refractivity (Wildman–Crippen MR) is 242 cm³/mol. The number of phosphoric acid groups is 1. The smallest absolute Gasteiger partial charge is 0.268 e. The van der Waals surface area contributed by atoms with Gasteiger partial charge in [-0.25, -0.2) is 0 Å². The van der Waals surface area contributed by atoms with Crippen molar-refractivity contribution in [3.63, 3.8) is 0 Å². The molecule has 0 saturated heterocycles. The van der Waals surface area contributed by atoms with Gasteiger partial charge in [-0.05, 0) is 89.9 Å². The maximum atomic E-state index is 12.8. The van der Waals surface area contributed by atoms with Gasteiger partial charge in [0.25, 0.3) is 7.82 Å². The minimum atomic E-state index is -4.61. The lowest BCUT2D eigenvalue weighted by Gasteiger charge is -2.29. The zero-order valence-electron chi connectivity index (χ0n) is 36.5.